The van der Waals surface area contributed by atoms with Crippen LogP contribution in [0.4, 0.5) is 5.69 Å². The van der Waals surface area contributed by atoms with E-state index in [1.54, 1.807) is 7.11 Å². The SMILES string of the molecule is CNC1CCC(CN(C)c2ccc(OC)cc2)CC1. The van der Waals surface area contributed by atoms with Gasteiger partial charge < -0.3 is 15.0 Å². The van der Waals surface area contributed by atoms with Gasteiger partial charge in [-0.1, -0.05) is 0 Å². The van der Waals surface area contributed by atoms with Crippen molar-refractivity contribution in [1.29, 1.82) is 0 Å². The Labute approximate surface area is 116 Å². The minimum atomic E-state index is 0.738. The lowest BCUT2D eigenvalue weighted by Crippen LogP contribution is -2.34. The van der Waals surface area contributed by atoms with E-state index in [0.717, 1.165) is 24.3 Å². The van der Waals surface area contributed by atoms with E-state index >= 15 is 0 Å². The molecule has 0 bridgehead atoms. The Bertz CT molecular complexity index is 369. The maximum absolute atomic E-state index is 5.20. The maximum Gasteiger partial charge on any atom is 0.119 e. The summed E-state index contributed by atoms with van der Waals surface area (Å²) in [4.78, 5) is 2.36. The molecule has 0 heterocycles. The second kappa shape index (κ2) is 6.80. The Balaban J connectivity index is 1.85. The molecule has 1 aromatic carbocycles. The zero-order chi connectivity index (χ0) is 13.7. The van der Waals surface area contributed by atoms with Crippen molar-refractivity contribution >= 4 is 5.69 Å². The molecule has 106 valence electrons. The largest absolute Gasteiger partial charge is 0.497 e. The highest BCUT2D eigenvalue weighted by Crippen LogP contribution is 2.26. The van der Waals surface area contributed by atoms with E-state index in [4.69, 9.17) is 4.74 Å². The summed E-state index contributed by atoms with van der Waals surface area (Å²) < 4.78 is 5.20. The topological polar surface area (TPSA) is 24.5 Å². The predicted octanol–water partition coefficient (Wildman–Crippen LogP) is 2.91. The molecule has 1 fully saturated rings. The molecule has 0 saturated heterocycles. The van der Waals surface area contributed by atoms with Crippen LogP contribution < -0.4 is 15.0 Å². The zero-order valence-electron chi connectivity index (χ0n) is 12.4. The molecular weight excluding hydrogens is 236 g/mol. The van der Waals surface area contributed by atoms with Crippen LogP contribution in [0.5, 0.6) is 5.75 Å². The number of ether oxygens (including phenoxy) is 1. The predicted molar refractivity (Wildman–Crippen MR) is 81.1 cm³/mol. The molecule has 1 saturated carbocycles. The maximum atomic E-state index is 5.20. The second-order valence-corrected chi connectivity index (χ2v) is 5.58. The van der Waals surface area contributed by atoms with E-state index < -0.39 is 0 Å². The first-order chi connectivity index (χ1) is 9.22. The summed E-state index contributed by atoms with van der Waals surface area (Å²) in [6.45, 7) is 1.16. The van der Waals surface area contributed by atoms with Crippen LogP contribution in [-0.4, -0.2) is 33.8 Å². The third-order valence-corrected chi connectivity index (χ3v) is 4.30. The summed E-state index contributed by atoms with van der Waals surface area (Å²) in [6.07, 6.45) is 5.31. The quantitative estimate of drug-likeness (QED) is 0.883. The summed E-state index contributed by atoms with van der Waals surface area (Å²) in [5.74, 6) is 1.75. The van der Waals surface area contributed by atoms with Crippen molar-refractivity contribution in [3.63, 3.8) is 0 Å². The fourth-order valence-corrected chi connectivity index (χ4v) is 2.96. The fraction of sp³-hybridized carbons (Fsp3) is 0.625. The van der Waals surface area contributed by atoms with Gasteiger partial charge in [0.15, 0.2) is 0 Å². The van der Waals surface area contributed by atoms with Gasteiger partial charge in [0.05, 0.1) is 7.11 Å². The summed E-state index contributed by atoms with van der Waals surface area (Å²) in [5.41, 5.74) is 1.27. The van der Waals surface area contributed by atoms with Crippen LogP contribution in [-0.2, 0) is 0 Å². The monoisotopic (exact) mass is 262 g/mol. The van der Waals surface area contributed by atoms with Gasteiger partial charge in [-0.15, -0.1) is 0 Å². The zero-order valence-corrected chi connectivity index (χ0v) is 12.4. The lowest BCUT2D eigenvalue weighted by atomic mass is 9.86. The molecule has 2 rings (SSSR count). The standard InChI is InChI=1S/C16H26N2O/c1-17-14-6-4-13(5-7-14)12-18(2)15-8-10-16(19-3)11-9-15/h8-11,13-14,17H,4-7,12H2,1-3H3. The van der Waals surface area contributed by atoms with Crippen LogP contribution in [0.2, 0.25) is 0 Å². The summed E-state index contributed by atoms with van der Waals surface area (Å²) in [7, 11) is 5.97. The Kier molecular flexibility index (Phi) is 5.08. The molecule has 0 aliphatic heterocycles. The van der Waals surface area contributed by atoms with E-state index in [0.29, 0.717) is 0 Å². The molecule has 1 aliphatic carbocycles. The average molecular weight is 262 g/mol. The van der Waals surface area contributed by atoms with Crippen LogP contribution in [0.15, 0.2) is 24.3 Å². The van der Waals surface area contributed by atoms with Crippen molar-refractivity contribution in [3.05, 3.63) is 24.3 Å². The average Bonchev–Trinajstić information content (AvgIpc) is 2.48. The number of nitrogens with one attached hydrogen (secondary N) is 1. The first-order valence-corrected chi connectivity index (χ1v) is 7.25. The first kappa shape index (κ1) is 14.2. The third-order valence-electron chi connectivity index (χ3n) is 4.30. The van der Waals surface area contributed by atoms with Crippen molar-refractivity contribution in [2.45, 2.75) is 31.7 Å². The second-order valence-electron chi connectivity index (χ2n) is 5.58. The molecule has 1 N–H and O–H groups in total. The molecular formula is C16H26N2O. The Morgan fingerprint density at radius 3 is 2.32 bits per heavy atom. The molecule has 0 atom stereocenters. The minimum absolute atomic E-state index is 0.738. The minimum Gasteiger partial charge on any atom is -0.497 e. The molecule has 3 heteroatoms. The van der Waals surface area contributed by atoms with Gasteiger partial charge in [-0.05, 0) is 62.9 Å². The van der Waals surface area contributed by atoms with E-state index in [1.807, 2.05) is 12.1 Å². The van der Waals surface area contributed by atoms with Crippen molar-refractivity contribution in [1.82, 2.24) is 5.32 Å². The van der Waals surface area contributed by atoms with Crippen molar-refractivity contribution in [2.24, 2.45) is 5.92 Å². The molecule has 1 aliphatic rings. The third kappa shape index (κ3) is 3.87. The van der Waals surface area contributed by atoms with E-state index in [2.05, 4.69) is 36.4 Å². The molecule has 3 nitrogen and oxygen atoms in total. The number of nitrogens with zero attached hydrogens (tertiary/aromatic N) is 1. The van der Waals surface area contributed by atoms with Gasteiger partial charge in [0, 0.05) is 25.3 Å². The highest BCUT2D eigenvalue weighted by atomic mass is 16.5. The Morgan fingerprint density at radius 2 is 1.79 bits per heavy atom. The number of hydrogen-bond acceptors (Lipinski definition) is 3. The van der Waals surface area contributed by atoms with Crippen molar-refractivity contribution in [3.8, 4) is 5.75 Å². The van der Waals surface area contributed by atoms with Crippen molar-refractivity contribution < 1.29 is 4.74 Å². The van der Waals surface area contributed by atoms with Gasteiger partial charge in [-0.2, -0.15) is 0 Å². The summed E-state index contributed by atoms with van der Waals surface area (Å²) >= 11 is 0. The normalized spacial score (nSPS) is 23.1. The van der Waals surface area contributed by atoms with Crippen LogP contribution in [0.3, 0.4) is 0 Å². The lowest BCUT2D eigenvalue weighted by Gasteiger charge is -2.32. The van der Waals surface area contributed by atoms with Gasteiger partial charge in [-0.3, -0.25) is 0 Å². The molecule has 0 radical (unpaired) electrons. The Hall–Kier alpha value is -1.22. The van der Waals surface area contributed by atoms with Gasteiger partial charge in [-0.25, -0.2) is 0 Å². The van der Waals surface area contributed by atoms with E-state index in [9.17, 15) is 0 Å². The Morgan fingerprint density at radius 1 is 1.16 bits per heavy atom. The number of anilines is 1. The van der Waals surface area contributed by atoms with Crippen LogP contribution in [0.25, 0.3) is 0 Å². The van der Waals surface area contributed by atoms with Gasteiger partial charge in [0.1, 0.15) is 5.75 Å². The van der Waals surface area contributed by atoms with E-state index in [-0.39, 0.29) is 0 Å². The van der Waals surface area contributed by atoms with Gasteiger partial charge in [0.25, 0.3) is 0 Å². The number of hydrogen-bond donors (Lipinski definition) is 1. The molecule has 0 unspecified atom stereocenters. The smallest absolute Gasteiger partial charge is 0.119 e. The summed E-state index contributed by atoms with van der Waals surface area (Å²) in [6, 6.07) is 9.08. The van der Waals surface area contributed by atoms with Crippen LogP contribution in [0.1, 0.15) is 25.7 Å². The molecule has 0 aromatic heterocycles. The lowest BCUT2D eigenvalue weighted by molar-refractivity contribution is 0.305. The van der Waals surface area contributed by atoms with Gasteiger partial charge >= 0.3 is 0 Å². The number of benzene rings is 1. The highest BCUT2D eigenvalue weighted by molar-refractivity contribution is 5.48. The first-order valence-electron chi connectivity index (χ1n) is 7.25. The number of rotatable bonds is 5. The van der Waals surface area contributed by atoms with Crippen LogP contribution in [0, 0.1) is 5.92 Å². The number of methoxy groups -OCH3 is 1. The van der Waals surface area contributed by atoms with Crippen LogP contribution >= 0.6 is 0 Å². The van der Waals surface area contributed by atoms with Gasteiger partial charge in [0.2, 0.25) is 0 Å². The molecule has 19 heavy (non-hydrogen) atoms. The molecule has 0 amide bonds. The van der Waals surface area contributed by atoms with Crippen molar-refractivity contribution in [2.75, 3.05) is 32.6 Å². The summed E-state index contributed by atoms with van der Waals surface area (Å²) in [5, 5.41) is 3.39. The fourth-order valence-electron chi connectivity index (χ4n) is 2.96. The highest BCUT2D eigenvalue weighted by Gasteiger charge is 2.21. The molecule has 1 aromatic rings. The molecule has 0 spiro atoms. The van der Waals surface area contributed by atoms with E-state index in [1.165, 1.54) is 31.4 Å².